The zero-order chi connectivity index (χ0) is 19.5. The molecule has 3 rings (SSSR count). The highest BCUT2D eigenvalue weighted by Crippen LogP contribution is 2.67. The first-order valence-electron chi connectivity index (χ1n) is 10.0. The monoisotopic (exact) mass is 362 g/mol. The van der Waals surface area contributed by atoms with E-state index in [9.17, 15) is 14.7 Å². The molecular formula is C22H34O4. The Kier molecular flexibility index (Phi) is 4.66. The van der Waals surface area contributed by atoms with Crippen LogP contribution < -0.4 is 0 Å². The van der Waals surface area contributed by atoms with E-state index in [0.29, 0.717) is 12.8 Å². The van der Waals surface area contributed by atoms with Crippen molar-refractivity contribution in [2.75, 3.05) is 0 Å². The highest BCUT2D eigenvalue weighted by Gasteiger charge is 2.68. The number of esters is 1. The number of ether oxygens (including phenoxy) is 1. The van der Waals surface area contributed by atoms with Crippen LogP contribution in [-0.2, 0) is 14.3 Å². The average molecular weight is 363 g/mol. The highest BCUT2D eigenvalue weighted by atomic mass is 16.5. The summed E-state index contributed by atoms with van der Waals surface area (Å²) < 4.78 is 5.87. The molecular weight excluding hydrogens is 328 g/mol. The number of aliphatic hydroxyl groups is 1. The smallest absolute Gasteiger partial charge is 0.302 e. The van der Waals surface area contributed by atoms with E-state index in [2.05, 4.69) is 27.4 Å². The lowest BCUT2D eigenvalue weighted by Gasteiger charge is -2.61. The second-order valence-electron chi connectivity index (χ2n) is 9.68. The molecule has 3 saturated carbocycles. The quantitative estimate of drug-likeness (QED) is 0.597. The van der Waals surface area contributed by atoms with Crippen LogP contribution in [0, 0.1) is 34.0 Å². The van der Waals surface area contributed by atoms with E-state index < -0.39 is 23.0 Å². The van der Waals surface area contributed by atoms with Crippen molar-refractivity contribution in [3.05, 3.63) is 12.7 Å². The largest absolute Gasteiger partial charge is 0.462 e. The molecule has 0 aliphatic heterocycles. The molecule has 4 heteroatoms. The zero-order valence-corrected chi connectivity index (χ0v) is 16.9. The fourth-order valence-electron chi connectivity index (χ4n) is 6.70. The van der Waals surface area contributed by atoms with E-state index in [1.54, 1.807) is 0 Å². The van der Waals surface area contributed by atoms with Crippen LogP contribution in [-0.4, -0.2) is 29.1 Å². The molecule has 3 fully saturated rings. The Morgan fingerprint density at radius 1 is 1.31 bits per heavy atom. The van der Waals surface area contributed by atoms with Crippen LogP contribution in [0.15, 0.2) is 12.7 Å². The standard InChI is InChI=1S/C22H34O4/c1-7-20(5)12-17(26-15(4)23)21(6)13(2)8-10-22(14(3)19(20)25)11-9-16(24)18(21)22/h7,13-14,17-19,25H,1,8-12H2,2-6H3/t13?,14-,17+,18?,19-,20+,21-,22?/m0/s1. The van der Waals surface area contributed by atoms with E-state index in [4.69, 9.17) is 4.74 Å². The maximum absolute atomic E-state index is 13.1. The van der Waals surface area contributed by atoms with Gasteiger partial charge >= 0.3 is 5.97 Å². The van der Waals surface area contributed by atoms with Crippen LogP contribution in [0.3, 0.4) is 0 Å². The lowest BCUT2D eigenvalue weighted by atomic mass is 9.44. The van der Waals surface area contributed by atoms with Crippen molar-refractivity contribution in [1.29, 1.82) is 0 Å². The van der Waals surface area contributed by atoms with Crippen LogP contribution in [0.5, 0.6) is 0 Å². The van der Waals surface area contributed by atoms with Crippen molar-refractivity contribution in [1.82, 2.24) is 0 Å². The molecule has 0 amide bonds. The Morgan fingerprint density at radius 3 is 2.54 bits per heavy atom. The zero-order valence-electron chi connectivity index (χ0n) is 16.9. The van der Waals surface area contributed by atoms with Gasteiger partial charge in [-0.2, -0.15) is 0 Å². The van der Waals surface area contributed by atoms with E-state index in [0.717, 1.165) is 19.3 Å². The van der Waals surface area contributed by atoms with Crippen molar-refractivity contribution in [3.8, 4) is 0 Å². The van der Waals surface area contributed by atoms with Gasteiger partial charge in [-0.3, -0.25) is 9.59 Å². The third-order valence-corrected chi connectivity index (χ3v) is 8.61. The number of carbonyl (C=O) groups excluding carboxylic acids is 2. The van der Waals surface area contributed by atoms with E-state index in [1.165, 1.54) is 6.92 Å². The van der Waals surface area contributed by atoms with Gasteiger partial charge < -0.3 is 9.84 Å². The molecule has 1 N–H and O–H groups in total. The second kappa shape index (κ2) is 6.19. The molecule has 146 valence electrons. The number of Topliss-reactive ketones (excluding diaryl/α,β-unsaturated/α-hetero) is 1. The number of hydrogen-bond donors (Lipinski definition) is 1. The van der Waals surface area contributed by atoms with Gasteiger partial charge in [0.25, 0.3) is 0 Å². The number of carbonyl (C=O) groups is 2. The van der Waals surface area contributed by atoms with E-state index in [1.807, 2.05) is 13.0 Å². The Hall–Kier alpha value is -1.16. The topological polar surface area (TPSA) is 63.6 Å². The number of hydrogen-bond acceptors (Lipinski definition) is 4. The Bertz CT molecular complexity index is 628. The van der Waals surface area contributed by atoms with Gasteiger partial charge in [0, 0.05) is 30.1 Å². The fourth-order valence-corrected chi connectivity index (χ4v) is 6.70. The Morgan fingerprint density at radius 2 is 1.96 bits per heavy atom. The van der Waals surface area contributed by atoms with Gasteiger partial charge in [0.1, 0.15) is 11.9 Å². The summed E-state index contributed by atoms with van der Waals surface area (Å²) in [6, 6.07) is 0. The number of ketones is 1. The molecule has 8 atom stereocenters. The second-order valence-corrected chi connectivity index (χ2v) is 9.68. The fraction of sp³-hybridized carbons (Fsp3) is 0.818. The maximum Gasteiger partial charge on any atom is 0.302 e. The van der Waals surface area contributed by atoms with Gasteiger partial charge in [0.15, 0.2) is 0 Å². The SMILES string of the molecule is C=C[C@]1(C)C[C@@H](OC(C)=O)[C@]2(C)C(C)CCC3(CCC(=O)C32)[C@@H](C)[C@@H]1O. The summed E-state index contributed by atoms with van der Waals surface area (Å²) in [6.07, 6.45) is 4.68. The molecule has 2 bridgehead atoms. The lowest BCUT2D eigenvalue weighted by molar-refractivity contribution is -0.205. The first-order valence-corrected chi connectivity index (χ1v) is 10.0. The predicted octanol–water partition coefficient (Wildman–Crippen LogP) is 3.91. The van der Waals surface area contributed by atoms with Crippen LogP contribution in [0.4, 0.5) is 0 Å². The van der Waals surface area contributed by atoms with Crippen molar-refractivity contribution < 1.29 is 19.4 Å². The molecule has 3 unspecified atom stereocenters. The molecule has 0 saturated heterocycles. The Labute approximate surface area is 157 Å². The van der Waals surface area contributed by atoms with Gasteiger partial charge in [-0.1, -0.05) is 33.8 Å². The average Bonchev–Trinajstić information content (AvgIpc) is 2.94. The summed E-state index contributed by atoms with van der Waals surface area (Å²) in [4.78, 5) is 25.0. The van der Waals surface area contributed by atoms with E-state index in [-0.39, 0.29) is 34.9 Å². The van der Waals surface area contributed by atoms with Crippen molar-refractivity contribution in [2.45, 2.75) is 78.9 Å². The molecule has 4 nitrogen and oxygen atoms in total. The minimum Gasteiger partial charge on any atom is -0.462 e. The van der Waals surface area contributed by atoms with Gasteiger partial charge in [-0.05, 0) is 42.9 Å². The van der Waals surface area contributed by atoms with Gasteiger partial charge in [0.2, 0.25) is 0 Å². The van der Waals surface area contributed by atoms with Crippen LogP contribution in [0.1, 0.15) is 66.7 Å². The summed E-state index contributed by atoms with van der Waals surface area (Å²) in [5.74, 6) is 0.106. The molecule has 0 aromatic heterocycles. The lowest BCUT2D eigenvalue weighted by Crippen LogP contribution is -2.63. The van der Waals surface area contributed by atoms with Gasteiger partial charge in [-0.15, -0.1) is 6.58 Å². The van der Waals surface area contributed by atoms with Crippen molar-refractivity contribution in [2.24, 2.45) is 34.0 Å². The van der Waals surface area contributed by atoms with Crippen molar-refractivity contribution >= 4 is 11.8 Å². The Balaban J connectivity index is 2.23. The molecule has 26 heavy (non-hydrogen) atoms. The summed E-state index contributed by atoms with van der Waals surface area (Å²) in [5.41, 5.74) is -1.17. The van der Waals surface area contributed by atoms with Crippen LogP contribution >= 0.6 is 0 Å². The minimum absolute atomic E-state index is 0.00653. The van der Waals surface area contributed by atoms with Gasteiger partial charge in [-0.25, -0.2) is 0 Å². The first kappa shape index (κ1) is 19.6. The summed E-state index contributed by atoms with van der Waals surface area (Å²) in [6.45, 7) is 13.9. The normalized spacial score (nSPS) is 51.2. The third-order valence-electron chi connectivity index (χ3n) is 8.61. The molecule has 0 radical (unpaired) electrons. The van der Waals surface area contributed by atoms with Crippen molar-refractivity contribution in [3.63, 3.8) is 0 Å². The summed E-state index contributed by atoms with van der Waals surface area (Å²) in [7, 11) is 0. The van der Waals surface area contributed by atoms with Crippen LogP contribution in [0.2, 0.25) is 0 Å². The third kappa shape index (κ3) is 2.44. The minimum atomic E-state index is -0.607. The summed E-state index contributed by atoms with van der Waals surface area (Å²) >= 11 is 0. The van der Waals surface area contributed by atoms with Gasteiger partial charge in [0.05, 0.1) is 6.10 Å². The first-order chi connectivity index (χ1) is 12.0. The number of aliphatic hydroxyl groups excluding tert-OH is 1. The highest BCUT2D eigenvalue weighted by molar-refractivity contribution is 5.85. The number of rotatable bonds is 2. The molecule has 0 spiro atoms. The van der Waals surface area contributed by atoms with Crippen LogP contribution in [0.25, 0.3) is 0 Å². The molecule has 0 aromatic rings. The maximum atomic E-state index is 13.1. The molecule has 3 aliphatic carbocycles. The van der Waals surface area contributed by atoms with E-state index >= 15 is 0 Å². The summed E-state index contributed by atoms with van der Waals surface area (Å²) in [5, 5.41) is 11.3. The molecule has 3 aliphatic rings. The molecule has 0 heterocycles. The molecule has 0 aromatic carbocycles. The predicted molar refractivity (Wildman–Crippen MR) is 100 cm³/mol.